The van der Waals surface area contributed by atoms with Gasteiger partial charge in [-0.2, -0.15) is 4.98 Å². The molecule has 0 aliphatic rings. The first-order valence-corrected chi connectivity index (χ1v) is 7.96. The molecule has 1 heterocycles. The number of nitrogens with one attached hydrogen (secondary N) is 1. The first-order chi connectivity index (χ1) is 9.87. The fourth-order valence-electron chi connectivity index (χ4n) is 1.74. The molecule has 112 valence electrons. The highest BCUT2D eigenvalue weighted by atomic mass is 32.2. The molecule has 1 aromatic carbocycles. The fraction of sp³-hybridized carbons (Fsp3) is 0.312. The van der Waals surface area contributed by atoms with Crippen LogP contribution in [0.4, 0.5) is 17.2 Å². The number of ether oxygens (including phenoxy) is 1. The molecule has 2 rings (SSSR count). The minimum atomic E-state index is -0.335. The van der Waals surface area contributed by atoms with Gasteiger partial charge in [0.05, 0.1) is 5.69 Å². The molecule has 0 saturated heterocycles. The summed E-state index contributed by atoms with van der Waals surface area (Å²) < 4.78 is 5.78. The number of aromatic nitrogens is 1. The lowest BCUT2D eigenvalue weighted by Crippen LogP contribution is -2.24. The average Bonchev–Trinajstić information content (AvgIpc) is 2.41. The number of pyridine rings is 1. The van der Waals surface area contributed by atoms with Crippen LogP contribution in [-0.4, -0.2) is 16.8 Å². The minimum absolute atomic E-state index is 0.335. The molecule has 0 saturated carbocycles. The van der Waals surface area contributed by atoms with Crippen LogP contribution < -0.4 is 15.8 Å². The molecule has 0 atom stereocenters. The molecule has 3 N–H and O–H groups in total. The fourth-order valence-corrected chi connectivity index (χ4v) is 2.20. The lowest BCUT2D eigenvalue weighted by Gasteiger charge is -2.21. The van der Waals surface area contributed by atoms with Crippen LogP contribution >= 0.6 is 11.8 Å². The number of nitrogens with zero attached hydrogens (tertiary/aromatic N) is 1. The second kappa shape index (κ2) is 6.26. The van der Waals surface area contributed by atoms with Crippen LogP contribution in [0.3, 0.4) is 0 Å². The summed E-state index contributed by atoms with van der Waals surface area (Å²) >= 11 is 1.70. The predicted octanol–water partition coefficient (Wildman–Crippen LogP) is 4.31. The summed E-state index contributed by atoms with van der Waals surface area (Å²) in [6.45, 7) is 5.91. The zero-order valence-electron chi connectivity index (χ0n) is 12.8. The molecule has 0 unspecified atom stereocenters. The highest BCUT2D eigenvalue weighted by Crippen LogP contribution is 2.27. The second-order valence-electron chi connectivity index (χ2n) is 5.66. The second-order valence-corrected chi connectivity index (χ2v) is 6.54. The number of anilines is 3. The number of nitrogen functional groups attached to an aromatic ring is 1. The van der Waals surface area contributed by atoms with E-state index in [0.717, 1.165) is 5.69 Å². The van der Waals surface area contributed by atoms with Gasteiger partial charge >= 0.3 is 0 Å². The van der Waals surface area contributed by atoms with Crippen LogP contribution in [0.15, 0.2) is 41.3 Å². The zero-order chi connectivity index (χ0) is 15.5. The molecule has 0 fully saturated rings. The van der Waals surface area contributed by atoms with Gasteiger partial charge in [0.2, 0.25) is 5.88 Å². The molecule has 2 aromatic rings. The van der Waals surface area contributed by atoms with Gasteiger partial charge in [0.15, 0.2) is 0 Å². The molecular weight excluding hydrogens is 282 g/mol. The largest absolute Gasteiger partial charge is 0.470 e. The molecule has 0 aliphatic heterocycles. The number of rotatable bonds is 4. The summed E-state index contributed by atoms with van der Waals surface area (Å²) in [6.07, 6.45) is 2.05. The van der Waals surface area contributed by atoms with Crippen molar-refractivity contribution in [1.29, 1.82) is 0 Å². The van der Waals surface area contributed by atoms with Crippen molar-refractivity contribution in [1.82, 2.24) is 4.98 Å². The monoisotopic (exact) mass is 303 g/mol. The highest BCUT2D eigenvalue weighted by Gasteiger charge is 2.15. The quantitative estimate of drug-likeness (QED) is 0.824. The number of hydrogen-bond acceptors (Lipinski definition) is 5. The Morgan fingerprint density at radius 3 is 2.62 bits per heavy atom. The number of thioether (sulfide) groups is 1. The van der Waals surface area contributed by atoms with Gasteiger partial charge in [-0.3, -0.25) is 0 Å². The van der Waals surface area contributed by atoms with Gasteiger partial charge < -0.3 is 15.8 Å². The summed E-state index contributed by atoms with van der Waals surface area (Å²) in [6, 6.07) is 11.8. The number of hydrogen-bond donors (Lipinski definition) is 2. The topological polar surface area (TPSA) is 60.2 Å². The maximum atomic E-state index is 5.92. The van der Waals surface area contributed by atoms with E-state index in [1.165, 1.54) is 4.90 Å². The van der Waals surface area contributed by atoms with Crippen molar-refractivity contribution >= 4 is 29.0 Å². The molecule has 0 amide bonds. The van der Waals surface area contributed by atoms with E-state index < -0.39 is 0 Å². The summed E-state index contributed by atoms with van der Waals surface area (Å²) in [5, 5.41) is 3.27. The number of nitrogens with two attached hydrogens (primary N) is 1. The molecule has 21 heavy (non-hydrogen) atoms. The summed E-state index contributed by atoms with van der Waals surface area (Å²) in [4.78, 5) is 5.64. The first-order valence-electron chi connectivity index (χ1n) is 6.74. The zero-order valence-corrected chi connectivity index (χ0v) is 13.6. The van der Waals surface area contributed by atoms with Gasteiger partial charge in [-0.25, -0.2) is 0 Å². The van der Waals surface area contributed by atoms with E-state index in [1.807, 2.05) is 39.0 Å². The lowest BCUT2D eigenvalue weighted by atomic mass is 10.2. The molecule has 1 aromatic heterocycles. The van der Waals surface area contributed by atoms with Crippen molar-refractivity contribution in [3.05, 3.63) is 36.4 Å². The molecule has 4 nitrogen and oxygen atoms in total. The van der Waals surface area contributed by atoms with Crippen LogP contribution in [0.2, 0.25) is 0 Å². The SMILES string of the molecule is CSc1cccc(Nc2ccc(N)c(OC(C)(C)C)n2)c1. The first kappa shape index (κ1) is 15.5. The normalized spacial score (nSPS) is 11.2. The van der Waals surface area contributed by atoms with Gasteiger partial charge in [0, 0.05) is 10.6 Å². The molecule has 0 bridgehead atoms. The maximum absolute atomic E-state index is 5.92. The van der Waals surface area contributed by atoms with Crippen LogP contribution in [0.1, 0.15) is 20.8 Å². The van der Waals surface area contributed by atoms with Crippen LogP contribution in [0.5, 0.6) is 5.88 Å². The van der Waals surface area contributed by atoms with Gasteiger partial charge in [0.1, 0.15) is 11.4 Å². The van der Waals surface area contributed by atoms with Crippen LogP contribution in [0, 0.1) is 0 Å². The average molecular weight is 303 g/mol. The van der Waals surface area contributed by atoms with E-state index in [0.29, 0.717) is 17.4 Å². The van der Waals surface area contributed by atoms with Gasteiger partial charge in [-0.05, 0) is 57.4 Å². The Morgan fingerprint density at radius 1 is 1.19 bits per heavy atom. The van der Waals surface area contributed by atoms with E-state index in [1.54, 1.807) is 17.8 Å². The van der Waals surface area contributed by atoms with Gasteiger partial charge in [-0.15, -0.1) is 11.8 Å². The third-order valence-corrected chi connectivity index (χ3v) is 3.36. The van der Waals surface area contributed by atoms with Crippen molar-refractivity contribution < 1.29 is 4.74 Å². The van der Waals surface area contributed by atoms with Crippen molar-refractivity contribution in [3.63, 3.8) is 0 Å². The van der Waals surface area contributed by atoms with Crippen LogP contribution in [0.25, 0.3) is 0 Å². The Balaban J connectivity index is 2.22. The van der Waals surface area contributed by atoms with Gasteiger partial charge in [-0.1, -0.05) is 6.07 Å². The Hall–Kier alpha value is -1.88. The van der Waals surface area contributed by atoms with E-state index in [9.17, 15) is 0 Å². The molecule has 5 heteroatoms. The number of benzene rings is 1. The Morgan fingerprint density at radius 2 is 1.95 bits per heavy atom. The minimum Gasteiger partial charge on any atom is -0.470 e. The maximum Gasteiger partial charge on any atom is 0.239 e. The van der Waals surface area contributed by atoms with E-state index >= 15 is 0 Å². The van der Waals surface area contributed by atoms with Crippen molar-refractivity contribution in [3.8, 4) is 5.88 Å². The standard InChI is InChI=1S/C16H21N3OS/c1-16(2,3)20-15-13(17)8-9-14(19-15)18-11-6-5-7-12(10-11)21-4/h5-10H,17H2,1-4H3,(H,18,19). The molecule has 0 aliphatic carbocycles. The molecule has 0 radical (unpaired) electrons. The smallest absolute Gasteiger partial charge is 0.239 e. The van der Waals surface area contributed by atoms with Crippen LogP contribution in [-0.2, 0) is 0 Å². The van der Waals surface area contributed by atoms with Crippen molar-refractivity contribution in [2.24, 2.45) is 0 Å². The van der Waals surface area contributed by atoms with E-state index in [2.05, 4.69) is 28.7 Å². The summed E-state index contributed by atoms with van der Waals surface area (Å²) in [7, 11) is 0. The lowest BCUT2D eigenvalue weighted by molar-refractivity contribution is 0.125. The highest BCUT2D eigenvalue weighted by molar-refractivity contribution is 7.98. The van der Waals surface area contributed by atoms with E-state index in [4.69, 9.17) is 10.5 Å². The predicted molar refractivity (Wildman–Crippen MR) is 90.5 cm³/mol. The Bertz CT molecular complexity index is 623. The third-order valence-electron chi connectivity index (χ3n) is 2.63. The van der Waals surface area contributed by atoms with E-state index in [-0.39, 0.29) is 5.60 Å². The Kier molecular flexibility index (Phi) is 4.63. The van der Waals surface area contributed by atoms with Gasteiger partial charge in [0.25, 0.3) is 0 Å². The summed E-state index contributed by atoms with van der Waals surface area (Å²) in [5.74, 6) is 1.16. The Labute approximate surface area is 130 Å². The summed E-state index contributed by atoms with van der Waals surface area (Å²) in [5.41, 5.74) is 7.10. The molecular formula is C16H21N3OS. The van der Waals surface area contributed by atoms with Crippen molar-refractivity contribution in [2.45, 2.75) is 31.3 Å². The van der Waals surface area contributed by atoms with Crippen molar-refractivity contribution in [2.75, 3.05) is 17.3 Å². The third kappa shape index (κ3) is 4.56. The molecule has 0 spiro atoms.